The van der Waals surface area contributed by atoms with E-state index in [1.165, 1.54) is 0 Å². The number of aliphatic hydroxyl groups is 1. The van der Waals surface area contributed by atoms with Gasteiger partial charge >= 0.3 is 0 Å². The highest BCUT2D eigenvalue weighted by Crippen LogP contribution is 1.99. The summed E-state index contributed by atoms with van der Waals surface area (Å²) in [7, 11) is 0. The highest BCUT2D eigenvalue weighted by Gasteiger charge is 2.12. The van der Waals surface area contributed by atoms with Gasteiger partial charge in [0.05, 0.1) is 12.5 Å². The molecule has 0 saturated carbocycles. The number of amides is 1. The molecule has 1 amide bonds. The van der Waals surface area contributed by atoms with Gasteiger partial charge in [-0.1, -0.05) is 6.92 Å². The van der Waals surface area contributed by atoms with Crippen molar-refractivity contribution in [1.82, 2.24) is 5.32 Å². The van der Waals surface area contributed by atoms with Crippen LogP contribution in [0.3, 0.4) is 0 Å². The molecule has 0 bridgehead atoms. The van der Waals surface area contributed by atoms with Crippen LogP contribution < -0.4 is 5.32 Å². The molecule has 0 heterocycles. The second-order valence-corrected chi connectivity index (χ2v) is 2.18. The van der Waals surface area contributed by atoms with Crippen LogP contribution in [0.1, 0.15) is 20.3 Å². The van der Waals surface area contributed by atoms with Gasteiger partial charge in [0, 0.05) is 6.54 Å². The Morgan fingerprint density at radius 1 is 1.60 bits per heavy atom. The van der Waals surface area contributed by atoms with Crippen LogP contribution in [0.5, 0.6) is 0 Å². The predicted molar refractivity (Wildman–Crippen MR) is 39.6 cm³/mol. The highest BCUT2D eigenvalue weighted by molar-refractivity contribution is 5.78. The van der Waals surface area contributed by atoms with E-state index in [-0.39, 0.29) is 18.4 Å². The third-order valence-corrected chi connectivity index (χ3v) is 1.43. The molecule has 0 saturated heterocycles. The minimum Gasteiger partial charge on any atom is -0.396 e. The summed E-state index contributed by atoms with van der Waals surface area (Å²) in [5.41, 5.74) is 0. The van der Waals surface area contributed by atoms with Crippen molar-refractivity contribution in [1.29, 1.82) is 0 Å². The molecule has 3 heteroatoms. The summed E-state index contributed by atoms with van der Waals surface area (Å²) in [4.78, 5) is 10.9. The SMILES string of the molecule is CCNC(=O)[C@@H](CC)CO. The van der Waals surface area contributed by atoms with Gasteiger partial charge < -0.3 is 10.4 Å². The molecule has 0 spiro atoms. The first-order valence-corrected chi connectivity index (χ1v) is 3.64. The summed E-state index contributed by atoms with van der Waals surface area (Å²) in [6.07, 6.45) is 0.697. The molecule has 10 heavy (non-hydrogen) atoms. The first-order valence-electron chi connectivity index (χ1n) is 3.64. The molecule has 0 aromatic rings. The predicted octanol–water partition coefficient (Wildman–Crippen LogP) is 0.141. The molecule has 0 aliphatic carbocycles. The van der Waals surface area contributed by atoms with Gasteiger partial charge in [0.25, 0.3) is 0 Å². The topological polar surface area (TPSA) is 49.3 Å². The summed E-state index contributed by atoms with van der Waals surface area (Å²) in [5.74, 6) is -0.271. The van der Waals surface area contributed by atoms with Crippen LogP contribution in [0.4, 0.5) is 0 Å². The Kier molecular flexibility index (Phi) is 4.94. The zero-order valence-corrected chi connectivity index (χ0v) is 6.55. The van der Waals surface area contributed by atoms with Gasteiger partial charge in [-0.15, -0.1) is 0 Å². The van der Waals surface area contributed by atoms with Gasteiger partial charge in [-0.05, 0) is 13.3 Å². The van der Waals surface area contributed by atoms with E-state index < -0.39 is 0 Å². The summed E-state index contributed by atoms with van der Waals surface area (Å²) in [6, 6.07) is 0. The first-order chi connectivity index (χ1) is 4.76. The number of carbonyl (C=O) groups excluding carboxylic acids is 1. The maximum Gasteiger partial charge on any atom is 0.225 e. The van der Waals surface area contributed by atoms with Crippen molar-refractivity contribution < 1.29 is 9.90 Å². The Labute approximate surface area is 61.4 Å². The fourth-order valence-corrected chi connectivity index (χ4v) is 0.716. The lowest BCUT2D eigenvalue weighted by molar-refractivity contribution is -0.126. The molecule has 0 fully saturated rings. The van der Waals surface area contributed by atoms with E-state index >= 15 is 0 Å². The highest BCUT2D eigenvalue weighted by atomic mass is 16.3. The lowest BCUT2D eigenvalue weighted by Crippen LogP contribution is -2.31. The number of carbonyl (C=O) groups is 1. The molecular formula is C7H15NO2. The van der Waals surface area contributed by atoms with E-state index in [9.17, 15) is 4.79 Å². The Morgan fingerprint density at radius 2 is 2.20 bits per heavy atom. The van der Waals surface area contributed by atoms with Gasteiger partial charge in [-0.2, -0.15) is 0 Å². The number of nitrogens with one attached hydrogen (secondary N) is 1. The van der Waals surface area contributed by atoms with Crippen molar-refractivity contribution in [2.24, 2.45) is 5.92 Å². The van der Waals surface area contributed by atoms with Gasteiger partial charge in [0.1, 0.15) is 0 Å². The average Bonchev–Trinajstić information content (AvgIpc) is 1.91. The van der Waals surface area contributed by atoms with Crippen molar-refractivity contribution in [2.75, 3.05) is 13.2 Å². The molecule has 0 aromatic carbocycles. The second-order valence-electron chi connectivity index (χ2n) is 2.18. The standard InChI is InChI=1S/C7H15NO2/c1-3-6(5-9)7(10)8-4-2/h6,9H,3-5H2,1-2H3,(H,8,10)/t6-/m0/s1. The first kappa shape index (κ1) is 9.43. The van der Waals surface area contributed by atoms with E-state index in [2.05, 4.69) is 5.32 Å². The summed E-state index contributed by atoms with van der Waals surface area (Å²) in [6.45, 7) is 4.33. The maximum absolute atomic E-state index is 10.9. The van der Waals surface area contributed by atoms with Crippen molar-refractivity contribution in [2.45, 2.75) is 20.3 Å². The van der Waals surface area contributed by atoms with Gasteiger partial charge in [0.15, 0.2) is 0 Å². The molecule has 0 aliphatic rings. The van der Waals surface area contributed by atoms with Crippen LogP contribution in [-0.4, -0.2) is 24.2 Å². The van der Waals surface area contributed by atoms with Crippen molar-refractivity contribution in [3.63, 3.8) is 0 Å². The average molecular weight is 145 g/mol. The molecule has 0 radical (unpaired) electrons. The Balaban J connectivity index is 3.65. The molecule has 0 aliphatic heterocycles. The van der Waals surface area contributed by atoms with Crippen LogP contribution in [0, 0.1) is 5.92 Å². The molecule has 1 atom stereocenters. The minimum absolute atomic E-state index is 0.0486. The monoisotopic (exact) mass is 145 g/mol. The lowest BCUT2D eigenvalue weighted by Gasteiger charge is -2.09. The largest absolute Gasteiger partial charge is 0.396 e. The van der Waals surface area contributed by atoms with Crippen molar-refractivity contribution >= 4 is 5.91 Å². The second kappa shape index (κ2) is 5.23. The summed E-state index contributed by atoms with van der Waals surface area (Å²) < 4.78 is 0. The Bertz CT molecular complexity index is 99.8. The van der Waals surface area contributed by atoms with Crippen molar-refractivity contribution in [3.8, 4) is 0 Å². The third-order valence-electron chi connectivity index (χ3n) is 1.43. The van der Waals surface area contributed by atoms with E-state index in [0.29, 0.717) is 13.0 Å². The smallest absolute Gasteiger partial charge is 0.225 e. The van der Waals surface area contributed by atoms with Gasteiger partial charge in [0.2, 0.25) is 5.91 Å². The maximum atomic E-state index is 10.9. The minimum atomic E-state index is -0.222. The van der Waals surface area contributed by atoms with Crippen LogP contribution in [0.2, 0.25) is 0 Å². The van der Waals surface area contributed by atoms with Crippen LogP contribution >= 0.6 is 0 Å². The van der Waals surface area contributed by atoms with Gasteiger partial charge in [-0.25, -0.2) is 0 Å². The fraction of sp³-hybridized carbons (Fsp3) is 0.857. The van der Waals surface area contributed by atoms with Crippen molar-refractivity contribution in [3.05, 3.63) is 0 Å². The van der Waals surface area contributed by atoms with Gasteiger partial charge in [-0.3, -0.25) is 4.79 Å². The number of aliphatic hydroxyl groups excluding tert-OH is 1. The molecule has 60 valence electrons. The van der Waals surface area contributed by atoms with Crippen LogP contribution in [0.15, 0.2) is 0 Å². The molecule has 0 aromatic heterocycles. The number of rotatable bonds is 4. The van der Waals surface area contributed by atoms with E-state index in [1.54, 1.807) is 0 Å². The Morgan fingerprint density at radius 3 is 2.50 bits per heavy atom. The number of hydrogen-bond donors (Lipinski definition) is 2. The molecular weight excluding hydrogens is 130 g/mol. The fourth-order valence-electron chi connectivity index (χ4n) is 0.716. The van der Waals surface area contributed by atoms with Crippen LogP contribution in [-0.2, 0) is 4.79 Å². The zero-order chi connectivity index (χ0) is 7.98. The quantitative estimate of drug-likeness (QED) is 0.591. The summed E-state index contributed by atoms with van der Waals surface area (Å²) >= 11 is 0. The Hall–Kier alpha value is -0.570. The normalized spacial score (nSPS) is 12.7. The van der Waals surface area contributed by atoms with Crippen LogP contribution in [0.25, 0.3) is 0 Å². The summed E-state index contributed by atoms with van der Waals surface area (Å²) in [5, 5.41) is 11.3. The number of hydrogen-bond acceptors (Lipinski definition) is 2. The van der Waals surface area contributed by atoms with E-state index in [0.717, 1.165) is 0 Å². The third kappa shape index (κ3) is 2.82. The molecule has 0 rings (SSSR count). The lowest BCUT2D eigenvalue weighted by atomic mass is 10.1. The van der Waals surface area contributed by atoms with E-state index in [1.807, 2.05) is 13.8 Å². The molecule has 0 unspecified atom stereocenters. The molecule has 3 nitrogen and oxygen atoms in total. The van der Waals surface area contributed by atoms with E-state index in [4.69, 9.17) is 5.11 Å². The zero-order valence-electron chi connectivity index (χ0n) is 6.55. The molecule has 2 N–H and O–H groups in total.